The van der Waals surface area contributed by atoms with E-state index in [0.29, 0.717) is 6.54 Å². The van der Waals surface area contributed by atoms with Crippen LogP contribution in [0.4, 0.5) is 0 Å². The molecule has 1 aromatic rings. The second kappa shape index (κ2) is 10.8. The number of aliphatic hydroxyl groups is 1. The first kappa shape index (κ1) is 19.2. The number of aliphatic hydroxyl groups excluding tert-OH is 1. The molecule has 0 spiro atoms. The number of hydrogen-bond acceptors (Lipinski definition) is 4. The smallest absolute Gasteiger partial charge is 0.191 e. The standard InChI is InChI=1S/C15H26N4O2.HI/c1-16-15(18-12-14-4-2-11-21-14)17-7-3-8-19-9-5-13(20)6-10-19;/h2,4,11,13,20H,3,5-10,12H2,1H3,(H2,16,17,18);1H. The molecule has 0 radical (unpaired) electrons. The van der Waals surface area contributed by atoms with E-state index in [2.05, 4.69) is 20.5 Å². The Hall–Kier alpha value is -0.800. The van der Waals surface area contributed by atoms with Crippen LogP contribution < -0.4 is 10.6 Å². The summed E-state index contributed by atoms with van der Waals surface area (Å²) in [5.74, 6) is 1.69. The molecule has 2 heterocycles. The number of hydrogen-bond donors (Lipinski definition) is 3. The number of nitrogens with one attached hydrogen (secondary N) is 2. The third kappa shape index (κ3) is 6.97. The number of piperidine rings is 1. The summed E-state index contributed by atoms with van der Waals surface area (Å²) in [5, 5.41) is 16.0. The van der Waals surface area contributed by atoms with Crippen LogP contribution in [0.25, 0.3) is 0 Å². The minimum absolute atomic E-state index is 0. The van der Waals surface area contributed by atoms with Gasteiger partial charge in [-0.05, 0) is 37.9 Å². The number of halogens is 1. The van der Waals surface area contributed by atoms with Crippen molar-refractivity contribution < 1.29 is 9.52 Å². The summed E-state index contributed by atoms with van der Waals surface area (Å²) in [6.45, 7) is 4.60. The van der Waals surface area contributed by atoms with Gasteiger partial charge in [0.15, 0.2) is 5.96 Å². The first-order chi connectivity index (χ1) is 10.3. The van der Waals surface area contributed by atoms with Crippen LogP contribution in [0.5, 0.6) is 0 Å². The first-order valence-corrected chi connectivity index (χ1v) is 7.65. The molecule has 0 unspecified atom stereocenters. The normalized spacial score (nSPS) is 17.1. The molecule has 1 fully saturated rings. The second-order valence-corrected chi connectivity index (χ2v) is 5.36. The molecule has 1 aliphatic heterocycles. The highest BCUT2D eigenvalue weighted by Crippen LogP contribution is 2.09. The summed E-state index contributed by atoms with van der Waals surface area (Å²) in [4.78, 5) is 6.60. The van der Waals surface area contributed by atoms with E-state index in [1.807, 2.05) is 12.1 Å². The molecule has 7 heteroatoms. The van der Waals surface area contributed by atoms with E-state index < -0.39 is 0 Å². The SMILES string of the molecule is CN=C(NCCCN1CCC(O)CC1)NCc1ccco1.I. The fraction of sp³-hybridized carbons (Fsp3) is 0.667. The summed E-state index contributed by atoms with van der Waals surface area (Å²) < 4.78 is 5.27. The average molecular weight is 422 g/mol. The zero-order valence-electron chi connectivity index (χ0n) is 13.1. The van der Waals surface area contributed by atoms with Crippen molar-refractivity contribution in [3.8, 4) is 0 Å². The largest absolute Gasteiger partial charge is 0.467 e. The number of furan rings is 1. The Morgan fingerprint density at radius 2 is 2.18 bits per heavy atom. The maximum atomic E-state index is 9.47. The van der Waals surface area contributed by atoms with Gasteiger partial charge in [-0.2, -0.15) is 0 Å². The molecular weight excluding hydrogens is 395 g/mol. The molecule has 1 saturated heterocycles. The fourth-order valence-electron chi connectivity index (χ4n) is 2.46. The molecule has 3 N–H and O–H groups in total. The summed E-state index contributed by atoms with van der Waals surface area (Å²) in [7, 11) is 1.77. The summed E-state index contributed by atoms with van der Waals surface area (Å²) in [6, 6.07) is 3.81. The molecule has 0 bridgehead atoms. The van der Waals surface area contributed by atoms with Crippen LogP contribution in [0, 0.1) is 0 Å². The van der Waals surface area contributed by atoms with Crippen molar-refractivity contribution in [1.82, 2.24) is 15.5 Å². The third-order valence-corrected chi connectivity index (χ3v) is 3.73. The maximum Gasteiger partial charge on any atom is 0.191 e. The van der Waals surface area contributed by atoms with Crippen molar-refractivity contribution in [3.05, 3.63) is 24.2 Å². The lowest BCUT2D eigenvalue weighted by Crippen LogP contribution is -2.40. The highest BCUT2D eigenvalue weighted by atomic mass is 127. The number of rotatable bonds is 6. The summed E-state index contributed by atoms with van der Waals surface area (Å²) >= 11 is 0. The van der Waals surface area contributed by atoms with Gasteiger partial charge in [0.2, 0.25) is 0 Å². The van der Waals surface area contributed by atoms with E-state index in [0.717, 1.165) is 57.2 Å². The Morgan fingerprint density at radius 3 is 2.82 bits per heavy atom. The Morgan fingerprint density at radius 1 is 1.41 bits per heavy atom. The van der Waals surface area contributed by atoms with E-state index in [1.165, 1.54) is 0 Å². The lowest BCUT2D eigenvalue weighted by Gasteiger charge is -2.29. The molecule has 2 rings (SSSR count). The molecule has 0 aliphatic carbocycles. The summed E-state index contributed by atoms with van der Waals surface area (Å²) in [6.07, 6.45) is 4.45. The topological polar surface area (TPSA) is 73.0 Å². The Labute approximate surface area is 149 Å². The first-order valence-electron chi connectivity index (χ1n) is 7.65. The zero-order chi connectivity index (χ0) is 14.9. The van der Waals surface area contributed by atoms with Gasteiger partial charge in [0, 0.05) is 26.7 Å². The van der Waals surface area contributed by atoms with Gasteiger partial charge in [0.05, 0.1) is 18.9 Å². The molecule has 1 aromatic heterocycles. The van der Waals surface area contributed by atoms with E-state index in [1.54, 1.807) is 13.3 Å². The third-order valence-electron chi connectivity index (χ3n) is 3.73. The van der Waals surface area contributed by atoms with Gasteiger partial charge in [-0.1, -0.05) is 0 Å². The average Bonchev–Trinajstić information content (AvgIpc) is 3.02. The minimum Gasteiger partial charge on any atom is -0.467 e. The lowest BCUT2D eigenvalue weighted by atomic mass is 10.1. The van der Waals surface area contributed by atoms with Gasteiger partial charge in [-0.25, -0.2) is 0 Å². The number of nitrogens with zero attached hydrogens (tertiary/aromatic N) is 2. The van der Waals surface area contributed by atoms with Gasteiger partial charge in [-0.3, -0.25) is 4.99 Å². The molecule has 126 valence electrons. The molecule has 1 aliphatic rings. The van der Waals surface area contributed by atoms with Crippen LogP contribution >= 0.6 is 24.0 Å². The van der Waals surface area contributed by atoms with Crippen molar-refractivity contribution in [2.24, 2.45) is 4.99 Å². The van der Waals surface area contributed by atoms with Crippen LogP contribution in [0.2, 0.25) is 0 Å². The van der Waals surface area contributed by atoms with Crippen LogP contribution in [0.3, 0.4) is 0 Å². The van der Waals surface area contributed by atoms with Crippen molar-refractivity contribution in [2.75, 3.05) is 33.2 Å². The van der Waals surface area contributed by atoms with Crippen molar-refractivity contribution in [1.29, 1.82) is 0 Å². The van der Waals surface area contributed by atoms with E-state index in [-0.39, 0.29) is 30.1 Å². The highest BCUT2D eigenvalue weighted by molar-refractivity contribution is 14.0. The van der Waals surface area contributed by atoms with Gasteiger partial charge in [0.1, 0.15) is 5.76 Å². The Kier molecular flexibility index (Phi) is 9.49. The number of aliphatic imine (C=N–C) groups is 1. The summed E-state index contributed by atoms with van der Waals surface area (Å²) in [5.41, 5.74) is 0. The van der Waals surface area contributed by atoms with Crippen LogP contribution in [-0.2, 0) is 6.54 Å². The molecule has 6 nitrogen and oxygen atoms in total. The molecule has 0 atom stereocenters. The van der Waals surface area contributed by atoms with Crippen LogP contribution in [-0.4, -0.2) is 55.3 Å². The van der Waals surface area contributed by atoms with Crippen molar-refractivity contribution in [2.45, 2.75) is 31.9 Å². The maximum absolute atomic E-state index is 9.47. The van der Waals surface area contributed by atoms with Gasteiger partial charge < -0.3 is 25.1 Å². The number of guanidine groups is 1. The second-order valence-electron chi connectivity index (χ2n) is 5.36. The monoisotopic (exact) mass is 422 g/mol. The fourth-order valence-corrected chi connectivity index (χ4v) is 2.46. The molecule has 22 heavy (non-hydrogen) atoms. The van der Waals surface area contributed by atoms with E-state index in [9.17, 15) is 5.11 Å². The quantitative estimate of drug-likeness (QED) is 0.280. The molecule has 0 aromatic carbocycles. The minimum atomic E-state index is -0.0935. The van der Waals surface area contributed by atoms with Crippen LogP contribution in [0.15, 0.2) is 27.8 Å². The Bertz CT molecular complexity index is 417. The highest BCUT2D eigenvalue weighted by Gasteiger charge is 2.15. The molecule has 0 saturated carbocycles. The lowest BCUT2D eigenvalue weighted by molar-refractivity contribution is 0.0823. The van der Waals surface area contributed by atoms with Gasteiger partial charge >= 0.3 is 0 Å². The number of likely N-dealkylation sites (tertiary alicyclic amines) is 1. The van der Waals surface area contributed by atoms with Crippen molar-refractivity contribution >= 4 is 29.9 Å². The predicted molar refractivity (Wildman–Crippen MR) is 98.6 cm³/mol. The van der Waals surface area contributed by atoms with Gasteiger partial charge in [0.25, 0.3) is 0 Å². The predicted octanol–water partition coefficient (Wildman–Crippen LogP) is 1.41. The zero-order valence-corrected chi connectivity index (χ0v) is 15.5. The van der Waals surface area contributed by atoms with E-state index >= 15 is 0 Å². The molecule has 0 amide bonds. The van der Waals surface area contributed by atoms with E-state index in [4.69, 9.17) is 4.42 Å². The van der Waals surface area contributed by atoms with Crippen LogP contribution in [0.1, 0.15) is 25.0 Å². The Balaban J connectivity index is 0.00000242. The van der Waals surface area contributed by atoms with Crippen molar-refractivity contribution in [3.63, 3.8) is 0 Å². The van der Waals surface area contributed by atoms with Gasteiger partial charge in [-0.15, -0.1) is 24.0 Å². The molecular formula is C15H27IN4O2.